The van der Waals surface area contributed by atoms with Crippen LogP contribution >= 0.6 is 0 Å². The van der Waals surface area contributed by atoms with Gasteiger partial charge in [-0.25, -0.2) is 0 Å². The van der Waals surface area contributed by atoms with Crippen LogP contribution in [0.4, 0.5) is 0 Å². The predicted molar refractivity (Wildman–Crippen MR) is 138 cm³/mol. The van der Waals surface area contributed by atoms with E-state index in [1.807, 2.05) is 0 Å². The van der Waals surface area contributed by atoms with Gasteiger partial charge in [0.15, 0.2) is 0 Å². The van der Waals surface area contributed by atoms with Crippen molar-refractivity contribution >= 4 is 0 Å². The number of hydrogen-bond acceptors (Lipinski definition) is 0. The topological polar surface area (TPSA) is 0 Å². The molecular formula is C30H52Fe. The molecule has 0 bridgehead atoms. The van der Waals surface area contributed by atoms with Gasteiger partial charge in [0.25, 0.3) is 0 Å². The molecule has 0 saturated heterocycles. The third-order valence-electron chi connectivity index (χ3n) is 7.50. The molecule has 0 unspecified atom stereocenters. The third-order valence-corrected chi connectivity index (χ3v) is 7.50. The van der Waals surface area contributed by atoms with Gasteiger partial charge < -0.3 is 0 Å². The van der Waals surface area contributed by atoms with Crippen molar-refractivity contribution in [2.45, 2.75) is 110 Å². The first-order chi connectivity index (χ1) is 13.8. The molecule has 0 radical (unpaired) electrons. The fraction of sp³-hybridized carbons (Fsp3) is 0.733. The maximum absolute atomic E-state index is 2.34. The Hall–Kier alpha value is -0.521. The van der Waals surface area contributed by atoms with Crippen LogP contribution in [0, 0.1) is 35.5 Å². The number of hydrogen-bond donors (Lipinski definition) is 0. The van der Waals surface area contributed by atoms with Gasteiger partial charge in [0.05, 0.1) is 0 Å². The van der Waals surface area contributed by atoms with Crippen LogP contribution in [-0.2, 0) is 17.1 Å². The minimum Gasteiger partial charge on any atom is -0.0645 e. The zero-order valence-electron chi connectivity index (χ0n) is 23.2. The molecule has 0 aromatic carbocycles. The van der Waals surface area contributed by atoms with Crippen molar-refractivity contribution in [2.24, 2.45) is 35.5 Å². The summed E-state index contributed by atoms with van der Waals surface area (Å²) in [6.07, 6.45) is 2.51. The van der Waals surface area contributed by atoms with Gasteiger partial charge in [-0.2, -0.15) is 0 Å². The largest absolute Gasteiger partial charge is 0.0645 e. The summed E-state index contributed by atoms with van der Waals surface area (Å²) in [4.78, 5) is 0. The SMILES string of the molecule is CCC1C(C)=C(C(C)C)C(C(C)C)=C1C.CCC1C(C)=C(C(C)C)C(C(C)C)=C1C.[Fe]. The van der Waals surface area contributed by atoms with Crippen LogP contribution in [-0.4, -0.2) is 0 Å². The summed E-state index contributed by atoms with van der Waals surface area (Å²) >= 11 is 0. The predicted octanol–water partition coefficient (Wildman–Crippen LogP) is 9.94. The van der Waals surface area contributed by atoms with E-state index in [0.717, 1.165) is 11.8 Å². The molecule has 31 heavy (non-hydrogen) atoms. The first kappa shape index (κ1) is 30.5. The van der Waals surface area contributed by atoms with E-state index in [4.69, 9.17) is 0 Å². The first-order valence-corrected chi connectivity index (χ1v) is 12.7. The summed E-state index contributed by atoms with van der Waals surface area (Å²) in [6.45, 7) is 32.6. The molecule has 2 aliphatic carbocycles. The summed E-state index contributed by atoms with van der Waals surface area (Å²) in [6, 6.07) is 0. The zero-order chi connectivity index (χ0) is 23.5. The van der Waals surface area contributed by atoms with Crippen molar-refractivity contribution in [3.8, 4) is 0 Å². The van der Waals surface area contributed by atoms with Gasteiger partial charge >= 0.3 is 0 Å². The van der Waals surface area contributed by atoms with Gasteiger partial charge in [-0.3, -0.25) is 0 Å². The van der Waals surface area contributed by atoms with Crippen molar-refractivity contribution in [2.75, 3.05) is 0 Å². The Bertz CT molecular complexity index is 610. The number of rotatable bonds is 6. The van der Waals surface area contributed by atoms with E-state index in [0.29, 0.717) is 23.7 Å². The molecular weight excluding hydrogens is 416 g/mol. The van der Waals surface area contributed by atoms with Crippen LogP contribution in [0.5, 0.6) is 0 Å². The van der Waals surface area contributed by atoms with E-state index in [-0.39, 0.29) is 17.1 Å². The Morgan fingerprint density at radius 3 is 0.710 bits per heavy atom. The number of allylic oxidation sites excluding steroid dienone is 8. The Labute approximate surface area is 206 Å². The van der Waals surface area contributed by atoms with Crippen LogP contribution in [0.25, 0.3) is 0 Å². The van der Waals surface area contributed by atoms with Crippen molar-refractivity contribution in [3.05, 3.63) is 44.6 Å². The Morgan fingerprint density at radius 2 is 0.613 bits per heavy atom. The summed E-state index contributed by atoms with van der Waals surface area (Å²) in [5, 5.41) is 0. The molecule has 0 aromatic heterocycles. The molecule has 0 N–H and O–H groups in total. The molecule has 0 amide bonds. The minimum atomic E-state index is 0. The molecule has 180 valence electrons. The molecule has 0 atom stereocenters. The summed E-state index contributed by atoms with van der Waals surface area (Å²) < 4.78 is 0. The van der Waals surface area contributed by atoms with Gasteiger partial charge in [0.2, 0.25) is 0 Å². The van der Waals surface area contributed by atoms with E-state index in [2.05, 4.69) is 96.9 Å². The molecule has 2 aliphatic rings. The third kappa shape index (κ3) is 6.29. The van der Waals surface area contributed by atoms with Gasteiger partial charge in [-0.15, -0.1) is 0 Å². The Morgan fingerprint density at radius 1 is 0.452 bits per heavy atom. The second kappa shape index (κ2) is 12.6. The average Bonchev–Trinajstić information content (AvgIpc) is 3.04. The Balaban J connectivity index is 0.000000562. The molecule has 0 saturated carbocycles. The fourth-order valence-corrected chi connectivity index (χ4v) is 6.54. The summed E-state index contributed by atoms with van der Waals surface area (Å²) in [5.74, 6) is 4.14. The summed E-state index contributed by atoms with van der Waals surface area (Å²) in [7, 11) is 0. The average molecular weight is 469 g/mol. The smallest absolute Gasteiger partial charge is 0.00108 e. The fourth-order valence-electron chi connectivity index (χ4n) is 6.54. The second-order valence-corrected chi connectivity index (χ2v) is 10.9. The van der Waals surface area contributed by atoms with Crippen molar-refractivity contribution in [1.29, 1.82) is 0 Å². The summed E-state index contributed by atoms with van der Waals surface area (Å²) in [5.41, 5.74) is 13.1. The van der Waals surface area contributed by atoms with Gasteiger partial charge in [0, 0.05) is 28.9 Å². The van der Waals surface area contributed by atoms with Crippen LogP contribution in [0.2, 0.25) is 0 Å². The molecule has 0 aliphatic heterocycles. The van der Waals surface area contributed by atoms with E-state index in [1.54, 1.807) is 44.6 Å². The van der Waals surface area contributed by atoms with Crippen LogP contribution in [0.15, 0.2) is 44.6 Å². The van der Waals surface area contributed by atoms with Crippen LogP contribution < -0.4 is 0 Å². The molecule has 1 heteroatoms. The molecule has 0 heterocycles. The normalized spacial score (nSPS) is 18.4. The van der Waals surface area contributed by atoms with E-state index in [9.17, 15) is 0 Å². The van der Waals surface area contributed by atoms with Crippen molar-refractivity contribution in [3.63, 3.8) is 0 Å². The molecule has 0 aromatic rings. The molecule has 0 fully saturated rings. The van der Waals surface area contributed by atoms with Gasteiger partial charge in [-0.1, -0.05) is 91.5 Å². The van der Waals surface area contributed by atoms with Gasteiger partial charge in [-0.05, 0) is 86.5 Å². The van der Waals surface area contributed by atoms with Crippen LogP contribution in [0.1, 0.15) is 110 Å². The van der Waals surface area contributed by atoms with Crippen LogP contribution in [0.3, 0.4) is 0 Å². The van der Waals surface area contributed by atoms with Crippen molar-refractivity contribution < 1.29 is 17.1 Å². The minimum absolute atomic E-state index is 0. The van der Waals surface area contributed by atoms with E-state index in [1.165, 1.54) is 12.8 Å². The maximum atomic E-state index is 2.34. The molecule has 2 rings (SSSR count). The quantitative estimate of drug-likeness (QED) is 0.340. The van der Waals surface area contributed by atoms with E-state index >= 15 is 0 Å². The second-order valence-electron chi connectivity index (χ2n) is 10.9. The van der Waals surface area contributed by atoms with Crippen molar-refractivity contribution in [1.82, 2.24) is 0 Å². The standard InChI is InChI=1S/2C15H26.Fe/c2*1-8-13-11(6)14(9(2)3)15(10(4)5)12(13)7;/h2*9-10,13H,8H2,1-7H3;. The monoisotopic (exact) mass is 468 g/mol. The molecule has 0 spiro atoms. The zero-order valence-corrected chi connectivity index (χ0v) is 24.3. The van der Waals surface area contributed by atoms with E-state index < -0.39 is 0 Å². The molecule has 0 nitrogen and oxygen atoms in total. The maximum Gasteiger partial charge on any atom is 0.00108 e. The Kier molecular flexibility index (Phi) is 12.4. The first-order valence-electron chi connectivity index (χ1n) is 12.7. The van der Waals surface area contributed by atoms with Gasteiger partial charge in [0.1, 0.15) is 0 Å².